The molecule has 0 N–H and O–H groups in total. The van der Waals surface area contributed by atoms with E-state index >= 15 is 0 Å². The van der Waals surface area contributed by atoms with E-state index in [2.05, 4.69) is 0 Å². The molecule has 0 unspecified atom stereocenters. The quantitative estimate of drug-likeness (QED) is 0.315. The summed E-state index contributed by atoms with van der Waals surface area (Å²) in [6, 6.07) is 0. The Kier molecular flexibility index (Phi) is 13100. The molecule has 0 nitrogen and oxygen atoms in total. The molecule has 0 aromatic rings. The number of rotatable bonds is 0. The van der Waals surface area contributed by atoms with Crippen molar-refractivity contribution >= 4 is 0 Å². The Morgan fingerprint density at radius 3 is 0.00990 bits per heavy atom. The van der Waals surface area contributed by atoms with Crippen LogP contribution in [0.3, 0.4) is 0 Å². The topological polar surface area (TPSA) is 0 Å². The Morgan fingerprint density at radius 1 is 0.00990 bits per heavy atom. The van der Waals surface area contributed by atoms with Crippen molar-refractivity contribution in [3.8, 4) is 0 Å². The van der Waals surface area contributed by atoms with Crippen LogP contribution >= 0.6 is 0 Å². The fourth-order valence-electron chi connectivity index (χ4n) is 0. The summed E-state index contributed by atoms with van der Waals surface area (Å²) in [5, 5.41) is 0. The van der Waals surface area contributed by atoms with Crippen LogP contribution in [-0.2, 0) is 1870 Å². The average molecular weight is 5150 g/mol. The van der Waals surface area contributed by atoms with E-state index in [1.54, 1.807) is 0 Å². The van der Waals surface area contributed by atoms with Gasteiger partial charge in [0, 0.05) is 1870 Å². The normalized spacial score (nSPS) is 0. The average Bonchev–Trinajstić information content (AvgIpc) is 0. The Morgan fingerprint density at radius 2 is 0.00990 bits per heavy atom. The molecule has 0 fully saturated rings. The van der Waals surface area contributed by atoms with Crippen molar-refractivity contribution in [1.82, 2.24) is 0 Å². The number of hydrogen-bond donors (Lipinski definition) is 0. The molecule has 0 heterocycles. The van der Waals surface area contributed by atoms with Gasteiger partial charge in [-0.3, -0.25) is 0 Å². The molecular weight excluding hydrogens is 5150 g/mol. The van der Waals surface area contributed by atoms with E-state index in [4.69, 9.17) is 0 Å². The van der Waals surface area contributed by atoms with Gasteiger partial charge in [0.1, 0.15) is 0 Å². The van der Waals surface area contributed by atoms with Crippen molar-refractivity contribution in [3.63, 3.8) is 0 Å². The number of hydrogen-bond acceptors (Lipinski definition) is 0. The van der Waals surface area contributed by atoms with Crippen molar-refractivity contribution in [1.29, 1.82) is 0 Å². The maximum atomic E-state index is 0. The zero-order valence-electron chi connectivity index (χ0n) is 45.2. The molecule has 0 aromatic carbocycles. The third-order valence-electron chi connectivity index (χ3n) is 0. The van der Waals surface area contributed by atoms with Crippen molar-refractivity contribution in [3.05, 3.63) is 0 Å². The summed E-state index contributed by atoms with van der Waals surface area (Å²) in [7, 11) is 0. The standard InChI is InChI=1S/101V. The van der Waals surface area contributed by atoms with Gasteiger partial charge in [0.2, 0.25) is 0 Å². The second kappa shape index (κ2) is 1140. The van der Waals surface area contributed by atoms with Gasteiger partial charge in [0.15, 0.2) is 0 Å². The smallest absolute Gasteiger partial charge is 0 e. The SMILES string of the molecule is [V].[V].[V].[V].[V].[V].[V].[V].[V].[V].[V].[V].[V].[V].[V].[V].[V].[V].[V].[V].[V].[V].[V].[V].[V].[V].[V].[V].[V].[V].[V].[V].[V].[V].[V].[V].[V].[V].[V].[V].[V].[V].[V].[V].[V].[V].[V].[V].[V].[V].[V].[V].[V].[V].[V].[V].[V].[V].[V].[V].[V].[V].[V].[V].[V].[V].[V].[V].[V].[V].[V].[V].[V].[V].[V].[V].[V].[V].[V].[V].[V].[V].[V].[V].[V].[V].[V].[V].[V].[V].[V].[V].[V].[V].[V].[V].[V].[V].[V].[V].[V]. The van der Waals surface area contributed by atoms with Crippen LogP contribution in [0.5, 0.6) is 0 Å². The van der Waals surface area contributed by atoms with E-state index in [-0.39, 0.29) is 1870 Å². The molecule has 0 spiro atoms. The predicted molar refractivity (Wildman–Crippen MR) is 0 cm³/mol. The summed E-state index contributed by atoms with van der Waals surface area (Å²) >= 11 is 0. The monoisotopic (exact) mass is 5150 g/mol. The van der Waals surface area contributed by atoms with Crippen LogP contribution < -0.4 is 0 Å². The zero-order valence-corrected chi connectivity index (χ0v) is 186. The summed E-state index contributed by atoms with van der Waals surface area (Å²) < 4.78 is 0. The molecule has 0 atom stereocenters. The van der Waals surface area contributed by atoms with Crippen LogP contribution in [0, 0.1) is 0 Å². The first-order chi connectivity index (χ1) is 0. The van der Waals surface area contributed by atoms with Crippen LogP contribution in [0.15, 0.2) is 0 Å². The van der Waals surface area contributed by atoms with Crippen LogP contribution in [-0.4, -0.2) is 0 Å². The van der Waals surface area contributed by atoms with Gasteiger partial charge in [-0.25, -0.2) is 0 Å². The van der Waals surface area contributed by atoms with E-state index in [0.29, 0.717) is 0 Å². The van der Waals surface area contributed by atoms with Gasteiger partial charge in [-0.2, -0.15) is 0 Å². The van der Waals surface area contributed by atoms with Gasteiger partial charge < -0.3 is 0 Å². The molecule has 101 radical (unpaired) electrons. The van der Waals surface area contributed by atoms with Crippen LogP contribution in [0.2, 0.25) is 0 Å². The first kappa shape index (κ1) is 1160. The van der Waals surface area contributed by atoms with Gasteiger partial charge in [-0.1, -0.05) is 0 Å². The third-order valence-corrected chi connectivity index (χ3v) is 0. The fraction of sp³-hybridized carbons (Fsp3) is 0. The summed E-state index contributed by atoms with van der Waals surface area (Å²) in [5.41, 5.74) is 0. The van der Waals surface area contributed by atoms with Crippen LogP contribution in [0.1, 0.15) is 0 Å². The molecule has 0 rings (SSSR count). The van der Waals surface area contributed by atoms with Gasteiger partial charge in [-0.05, 0) is 0 Å². The molecule has 0 aliphatic carbocycles. The molecule has 101 heavy (non-hydrogen) atoms. The van der Waals surface area contributed by atoms with Crippen molar-refractivity contribution in [2.24, 2.45) is 0 Å². The molecule has 0 amide bonds. The third kappa shape index (κ3) is 1130. The van der Waals surface area contributed by atoms with Crippen molar-refractivity contribution in [2.75, 3.05) is 0 Å². The van der Waals surface area contributed by atoms with Gasteiger partial charge in [-0.15, -0.1) is 0 Å². The summed E-state index contributed by atoms with van der Waals surface area (Å²) in [6.45, 7) is 0. The van der Waals surface area contributed by atoms with E-state index in [1.165, 1.54) is 0 Å². The Balaban J connectivity index is 0. The van der Waals surface area contributed by atoms with E-state index < -0.39 is 0 Å². The minimum atomic E-state index is 0. The van der Waals surface area contributed by atoms with Gasteiger partial charge >= 0.3 is 0 Å². The molecule has 101 heteroatoms. The molecule has 0 bridgehead atoms. The summed E-state index contributed by atoms with van der Waals surface area (Å²) in [4.78, 5) is 0. The second-order valence-corrected chi connectivity index (χ2v) is 0. The maximum Gasteiger partial charge on any atom is 0 e. The first-order valence-corrected chi connectivity index (χ1v) is 0. The first-order valence-electron chi connectivity index (χ1n) is 0. The van der Waals surface area contributed by atoms with Crippen LogP contribution in [0.4, 0.5) is 0 Å². The predicted octanol–water partition coefficient (Wildman–Crippen LogP) is -0.253. The largest absolute Gasteiger partial charge is 0 e. The van der Waals surface area contributed by atoms with Crippen LogP contribution in [0.25, 0.3) is 0 Å². The van der Waals surface area contributed by atoms with Crippen molar-refractivity contribution in [2.45, 2.75) is 0 Å². The zero-order chi connectivity index (χ0) is 0. The minimum absolute atomic E-state index is 0. The molecule has 0 aliphatic heterocycles. The second-order valence-electron chi connectivity index (χ2n) is 0. The van der Waals surface area contributed by atoms with Gasteiger partial charge in [0.25, 0.3) is 0 Å². The summed E-state index contributed by atoms with van der Waals surface area (Å²) in [5.74, 6) is 0. The maximum absolute atomic E-state index is 0. The van der Waals surface area contributed by atoms with E-state index in [9.17, 15) is 0 Å². The minimum Gasteiger partial charge on any atom is 0 e. The Labute approximate surface area is 1820 Å². The van der Waals surface area contributed by atoms with E-state index in [0.717, 1.165) is 0 Å². The molecule has 0 aromatic heterocycles. The molecule has 505 valence electrons. The molecule has 0 saturated heterocycles. The fourth-order valence-corrected chi connectivity index (χ4v) is 0. The Bertz CT molecular complexity index is 0. The van der Waals surface area contributed by atoms with Gasteiger partial charge in [0.05, 0.1) is 0 Å². The van der Waals surface area contributed by atoms with Crippen molar-refractivity contribution < 1.29 is 1870 Å². The summed E-state index contributed by atoms with van der Waals surface area (Å²) in [6.07, 6.45) is 0. The molecular formula is V101. The molecule has 0 saturated carbocycles. The Hall–Kier alpha value is 59.0. The molecule has 0 aliphatic rings. The van der Waals surface area contributed by atoms with E-state index in [1.807, 2.05) is 0 Å².